The summed E-state index contributed by atoms with van der Waals surface area (Å²) in [5, 5.41) is 0.880. The lowest BCUT2D eigenvalue weighted by molar-refractivity contribution is 0.0876. The van der Waals surface area contributed by atoms with E-state index in [1.165, 1.54) is 0 Å². The topological polar surface area (TPSA) is 26.3 Å². The molecule has 0 saturated heterocycles. The van der Waals surface area contributed by atoms with Gasteiger partial charge in [0.15, 0.2) is 5.78 Å². The maximum Gasteiger partial charge on any atom is 0.167 e. The summed E-state index contributed by atoms with van der Waals surface area (Å²) >= 11 is 12.4. The van der Waals surface area contributed by atoms with Crippen molar-refractivity contribution in [2.75, 3.05) is 6.61 Å². The first-order valence-corrected chi connectivity index (χ1v) is 7.94. The van der Waals surface area contributed by atoms with Gasteiger partial charge in [-0.25, -0.2) is 0 Å². The molecule has 0 bridgehead atoms. The zero-order chi connectivity index (χ0) is 14.7. The summed E-state index contributed by atoms with van der Waals surface area (Å²) in [6.45, 7) is 4.64. The highest BCUT2D eigenvalue weighted by molar-refractivity contribution is 6.36. The molecule has 1 aliphatic rings. The second kappa shape index (κ2) is 6.82. The second-order valence-electron chi connectivity index (χ2n) is 5.52. The Hall–Kier alpha value is -0.730. The first kappa shape index (κ1) is 15.7. The number of benzene rings is 1. The molecule has 4 heteroatoms. The van der Waals surface area contributed by atoms with Crippen molar-refractivity contribution in [2.24, 2.45) is 11.8 Å². The normalized spacial score (nSPS) is 22.6. The zero-order valence-corrected chi connectivity index (χ0v) is 13.4. The summed E-state index contributed by atoms with van der Waals surface area (Å²) in [6.07, 6.45) is 4.11. The summed E-state index contributed by atoms with van der Waals surface area (Å²) < 4.78 is 5.38. The zero-order valence-electron chi connectivity index (χ0n) is 11.9. The van der Waals surface area contributed by atoms with Crippen molar-refractivity contribution in [3.63, 3.8) is 0 Å². The molecule has 0 radical (unpaired) electrons. The predicted molar refractivity (Wildman–Crippen MR) is 83.1 cm³/mol. The lowest BCUT2D eigenvalue weighted by Gasteiger charge is -2.25. The quantitative estimate of drug-likeness (QED) is 0.695. The highest BCUT2D eigenvalue weighted by atomic mass is 35.5. The minimum atomic E-state index is 0.0812. The second-order valence-corrected chi connectivity index (χ2v) is 6.33. The van der Waals surface area contributed by atoms with Crippen LogP contribution in [0.2, 0.25) is 10.0 Å². The number of carbonyl (C=O) groups excluding carboxylic acids is 1. The molecular weight excluding hydrogens is 295 g/mol. The number of rotatable bonds is 4. The van der Waals surface area contributed by atoms with E-state index in [-0.39, 0.29) is 11.7 Å². The summed E-state index contributed by atoms with van der Waals surface area (Å²) in [6, 6.07) is 3.29. The van der Waals surface area contributed by atoms with E-state index < -0.39 is 0 Å². The maximum absolute atomic E-state index is 12.6. The highest BCUT2D eigenvalue weighted by Gasteiger charge is 2.27. The van der Waals surface area contributed by atoms with E-state index in [9.17, 15) is 4.79 Å². The van der Waals surface area contributed by atoms with Crippen LogP contribution in [0.4, 0.5) is 0 Å². The van der Waals surface area contributed by atoms with Crippen LogP contribution in [0.25, 0.3) is 0 Å². The van der Waals surface area contributed by atoms with Crippen LogP contribution in [0.3, 0.4) is 0 Å². The smallest absolute Gasteiger partial charge is 0.167 e. The molecule has 0 spiro atoms. The summed E-state index contributed by atoms with van der Waals surface area (Å²) in [7, 11) is 0. The average molecular weight is 315 g/mol. The first-order valence-electron chi connectivity index (χ1n) is 7.19. The molecule has 0 aromatic heterocycles. The monoisotopic (exact) mass is 314 g/mol. The number of Topliss-reactive ketones (excluding diaryl/α,β-unsaturated/α-hetero) is 1. The third kappa shape index (κ3) is 3.48. The molecule has 2 nitrogen and oxygen atoms in total. The third-order valence-corrected chi connectivity index (χ3v) is 4.58. The van der Waals surface area contributed by atoms with Crippen LogP contribution in [0.5, 0.6) is 5.75 Å². The molecule has 2 rings (SSSR count). The van der Waals surface area contributed by atoms with Gasteiger partial charge in [0.05, 0.1) is 16.7 Å². The summed E-state index contributed by atoms with van der Waals surface area (Å²) in [5.74, 6) is 1.45. The van der Waals surface area contributed by atoms with Gasteiger partial charge in [-0.3, -0.25) is 4.79 Å². The fourth-order valence-corrected chi connectivity index (χ4v) is 3.19. The molecule has 20 heavy (non-hydrogen) atoms. The molecular formula is C16H20Cl2O2. The number of ketones is 1. The number of ether oxygens (including phenoxy) is 1. The average Bonchev–Trinajstić information content (AvgIpc) is 2.43. The van der Waals surface area contributed by atoms with Gasteiger partial charge in [-0.1, -0.05) is 43.0 Å². The highest BCUT2D eigenvalue weighted by Crippen LogP contribution is 2.36. The van der Waals surface area contributed by atoms with Crippen LogP contribution in [0, 0.1) is 11.8 Å². The fraction of sp³-hybridized carbons (Fsp3) is 0.562. The molecule has 0 amide bonds. The molecule has 1 aromatic carbocycles. The number of halogens is 2. The van der Waals surface area contributed by atoms with Gasteiger partial charge in [0.25, 0.3) is 0 Å². The minimum Gasteiger partial charge on any atom is -0.492 e. The third-order valence-electron chi connectivity index (χ3n) is 3.97. The van der Waals surface area contributed by atoms with Gasteiger partial charge in [-0.05, 0) is 31.7 Å². The Morgan fingerprint density at radius 2 is 1.85 bits per heavy atom. The Morgan fingerprint density at radius 3 is 2.45 bits per heavy atom. The summed E-state index contributed by atoms with van der Waals surface area (Å²) in [5.41, 5.74) is 0.527. The van der Waals surface area contributed by atoms with Crippen molar-refractivity contribution >= 4 is 29.0 Å². The van der Waals surface area contributed by atoms with Crippen molar-refractivity contribution in [3.05, 3.63) is 27.7 Å². The van der Waals surface area contributed by atoms with Gasteiger partial charge < -0.3 is 4.74 Å². The maximum atomic E-state index is 12.6. The van der Waals surface area contributed by atoms with Gasteiger partial charge >= 0.3 is 0 Å². The van der Waals surface area contributed by atoms with Crippen molar-refractivity contribution < 1.29 is 9.53 Å². The SMILES string of the molecule is CCOc1cc(Cl)c(C(=O)C2CCC(C)CC2)cc1Cl. The molecule has 0 unspecified atom stereocenters. The molecule has 0 N–H and O–H groups in total. The lowest BCUT2D eigenvalue weighted by atomic mass is 9.79. The van der Waals surface area contributed by atoms with Crippen LogP contribution in [0.1, 0.15) is 49.9 Å². The van der Waals surface area contributed by atoms with Crippen LogP contribution < -0.4 is 4.74 Å². The molecule has 1 saturated carbocycles. The molecule has 1 aromatic rings. The largest absolute Gasteiger partial charge is 0.492 e. The predicted octanol–water partition coefficient (Wildman–Crippen LogP) is 5.40. The Labute approximate surface area is 130 Å². The van der Waals surface area contributed by atoms with E-state index in [1.54, 1.807) is 12.1 Å². The molecule has 1 fully saturated rings. The van der Waals surface area contributed by atoms with Crippen molar-refractivity contribution in [2.45, 2.75) is 39.5 Å². The van der Waals surface area contributed by atoms with Gasteiger partial charge in [0.2, 0.25) is 0 Å². The van der Waals surface area contributed by atoms with Crippen LogP contribution in [0.15, 0.2) is 12.1 Å². The lowest BCUT2D eigenvalue weighted by Crippen LogP contribution is -2.21. The molecule has 0 atom stereocenters. The number of carbonyl (C=O) groups is 1. The molecule has 110 valence electrons. The first-order chi connectivity index (χ1) is 9.52. The van der Waals surface area contributed by atoms with E-state index in [1.807, 2.05) is 6.92 Å². The van der Waals surface area contributed by atoms with Gasteiger partial charge in [0.1, 0.15) is 5.75 Å². The standard InChI is InChI=1S/C16H20Cl2O2/c1-3-20-15-9-13(17)12(8-14(15)18)16(19)11-6-4-10(2)5-7-11/h8-11H,3-7H2,1-2H3. The van der Waals surface area contributed by atoms with Gasteiger partial charge in [-0.2, -0.15) is 0 Å². The van der Waals surface area contributed by atoms with E-state index in [0.717, 1.165) is 31.6 Å². The van der Waals surface area contributed by atoms with E-state index in [0.29, 0.717) is 28.0 Å². The van der Waals surface area contributed by atoms with Gasteiger partial charge in [0, 0.05) is 17.5 Å². The summed E-state index contributed by atoms with van der Waals surface area (Å²) in [4.78, 5) is 12.6. The molecule has 0 aliphatic heterocycles. The fourth-order valence-electron chi connectivity index (χ4n) is 2.73. The van der Waals surface area contributed by atoms with E-state index in [2.05, 4.69) is 6.92 Å². The van der Waals surface area contributed by atoms with Crippen molar-refractivity contribution in [3.8, 4) is 5.75 Å². The van der Waals surface area contributed by atoms with Crippen LogP contribution >= 0.6 is 23.2 Å². The Morgan fingerprint density at radius 1 is 1.20 bits per heavy atom. The Kier molecular flexibility index (Phi) is 5.34. The number of hydrogen-bond acceptors (Lipinski definition) is 2. The van der Waals surface area contributed by atoms with Gasteiger partial charge in [-0.15, -0.1) is 0 Å². The van der Waals surface area contributed by atoms with E-state index >= 15 is 0 Å². The molecule has 0 heterocycles. The van der Waals surface area contributed by atoms with Crippen LogP contribution in [-0.2, 0) is 0 Å². The van der Waals surface area contributed by atoms with Crippen molar-refractivity contribution in [1.29, 1.82) is 0 Å². The molecule has 1 aliphatic carbocycles. The minimum absolute atomic E-state index is 0.0812. The number of hydrogen-bond donors (Lipinski definition) is 0. The Bertz CT molecular complexity index is 491. The van der Waals surface area contributed by atoms with Crippen molar-refractivity contribution in [1.82, 2.24) is 0 Å². The van der Waals surface area contributed by atoms with E-state index in [4.69, 9.17) is 27.9 Å². The Balaban J connectivity index is 2.19. The van der Waals surface area contributed by atoms with Crippen LogP contribution in [-0.4, -0.2) is 12.4 Å².